The molecule has 0 aromatic heterocycles. The van der Waals surface area contributed by atoms with Crippen LogP contribution in [0, 0.1) is 13.8 Å². The monoisotopic (exact) mass is 397 g/mol. The molecule has 1 heterocycles. The second-order valence-corrected chi connectivity index (χ2v) is 8.01. The molecule has 1 atom stereocenters. The number of sulfonamides is 1. The lowest BCUT2D eigenvalue weighted by Gasteiger charge is -2.18. The summed E-state index contributed by atoms with van der Waals surface area (Å²) in [6.07, 6.45) is -1.37. The molecular formula is C17H23N3O6S. The highest BCUT2D eigenvalue weighted by Crippen LogP contribution is 2.16. The van der Waals surface area contributed by atoms with Crippen LogP contribution in [-0.4, -0.2) is 57.0 Å². The molecular weight excluding hydrogens is 374 g/mol. The van der Waals surface area contributed by atoms with Gasteiger partial charge in [0.15, 0.2) is 6.10 Å². The first kappa shape index (κ1) is 20.8. The highest BCUT2D eigenvalue weighted by atomic mass is 32.2. The van der Waals surface area contributed by atoms with E-state index in [0.29, 0.717) is 12.1 Å². The van der Waals surface area contributed by atoms with Gasteiger partial charge in [0, 0.05) is 19.6 Å². The Morgan fingerprint density at radius 2 is 2.04 bits per heavy atom. The smallest absolute Gasteiger partial charge is 0.324 e. The van der Waals surface area contributed by atoms with Crippen LogP contribution in [0.15, 0.2) is 23.1 Å². The number of imide groups is 1. The zero-order valence-corrected chi connectivity index (χ0v) is 16.3. The van der Waals surface area contributed by atoms with E-state index in [-0.39, 0.29) is 24.4 Å². The molecule has 1 aliphatic rings. The average molecular weight is 397 g/mol. The summed E-state index contributed by atoms with van der Waals surface area (Å²) in [5.74, 6) is -1.35. The summed E-state index contributed by atoms with van der Waals surface area (Å²) in [6.45, 7) is 5.32. The molecule has 1 aliphatic heterocycles. The predicted molar refractivity (Wildman–Crippen MR) is 96.4 cm³/mol. The molecule has 1 fully saturated rings. The molecule has 1 aromatic rings. The second-order valence-electron chi connectivity index (χ2n) is 6.27. The fourth-order valence-corrected chi connectivity index (χ4v) is 3.93. The van der Waals surface area contributed by atoms with Crippen LogP contribution in [0.2, 0.25) is 0 Å². The Kier molecular flexibility index (Phi) is 6.55. The van der Waals surface area contributed by atoms with Crippen molar-refractivity contribution in [2.75, 3.05) is 19.6 Å². The maximum absolute atomic E-state index is 12.3. The third-order valence-electron chi connectivity index (χ3n) is 4.02. The Morgan fingerprint density at radius 3 is 2.63 bits per heavy atom. The minimum absolute atomic E-state index is 0.144. The number of carbonyl (C=O) groups excluding carboxylic acids is 3. The SMILES string of the molecule is Cc1ccc(S(=O)(=O)NCCC(=O)O[C@@H](C)C(=O)N2CCNC2=O)c(C)c1. The van der Waals surface area contributed by atoms with E-state index in [1.54, 1.807) is 19.1 Å². The van der Waals surface area contributed by atoms with E-state index in [1.807, 2.05) is 6.92 Å². The Hall–Kier alpha value is -2.46. The van der Waals surface area contributed by atoms with Gasteiger partial charge in [0.05, 0.1) is 11.3 Å². The van der Waals surface area contributed by atoms with Crippen LogP contribution in [0.3, 0.4) is 0 Å². The van der Waals surface area contributed by atoms with E-state index in [1.165, 1.54) is 13.0 Å². The maximum atomic E-state index is 12.3. The zero-order valence-electron chi connectivity index (χ0n) is 15.4. The van der Waals surface area contributed by atoms with Crippen LogP contribution in [0.25, 0.3) is 0 Å². The Morgan fingerprint density at radius 1 is 1.33 bits per heavy atom. The van der Waals surface area contributed by atoms with Crippen molar-refractivity contribution in [3.8, 4) is 0 Å². The molecule has 1 saturated heterocycles. The Labute approximate surface area is 158 Å². The van der Waals surface area contributed by atoms with E-state index in [2.05, 4.69) is 10.0 Å². The zero-order chi connectivity index (χ0) is 20.2. The number of nitrogens with one attached hydrogen (secondary N) is 2. The summed E-state index contributed by atoms with van der Waals surface area (Å²) >= 11 is 0. The summed E-state index contributed by atoms with van der Waals surface area (Å²) < 4.78 is 32.0. The van der Waals surface area contributed by atoms with Gasteiger partial charge in [-0.05, 0) is 32.4 Å². The van der Waals surface area contributed by atoms with Crippen molar-refractivity contribution in [2.45, 2.75) is 38.2 Å². The van der Waals surface area contributed by atoms with Gasteiger partial charge < -0.3 is 10.1 Å². The second kappa shape index (κ2) is 8.49. The van der Waals surface area contributed by atoms with Crippen molar-refractivity contribution >= 4 is 27.9 Å². The molecule has 0 radical (unpaired) electrons. The number of urea groups is 1. The molecule has 0 unspecified atom stereocenters. The fourth-order valence-electron chi connectivity index (χ4n) is 2.67. The molecule has 3 amide bonds. The van der Waals surface area contributed by atoms with Crippen LogP contribution in [0.5, 0.6) is 0 Å². The van der Waals surface area contributed by atoms with Gasteiger partial charge in [-0.1, -0.05) is 17.7 Å². The van der Waals surface area contributed by atoms with Gasteiger partial charge in [-0.2, -0.15) is 0 Å². The van der Waals surface area contributed by atoms with Crippen LogP contribution >= 0.6 is 0 Å². The maximum Gasteiger partial charge on any atom is 0.324 e. The number of hydrogen-bond donors (Lipinski definition) is 2. The third-order valence-corrected chi connectivity index (χ3v) is 5.64. The molecule has 1 aromatic carbocycles. The summed E-state index contributed by atoms with van der Waals surface area (Å²) in [6, 6.07) is 4.43. The van der Waals surface area contributed by atoms with Crippen LogP contribution in [-0.2, 0) is 24.3 Å². The Balaban J connectivity index is 1.84. The molecule has 148 valence electrons. The summed E-state index contributed by atoms with van der Waals surface area (Å²) in [4.78, 5) is 36.5. The fraction of sp³-hybridized carbons (Fsp3) is 0.471. The lowest BCUT2D eigenvalue weighted by molar-refractivity contribution is -0.157. The number of ether oxygens (including phenoxy) is 1. The molecule has 0 saturated carbocycles. The molecule has 2 rings (SSSR count). The first-order valence-corrected chi connectivity index (χ1v) is 9.96. The van der Waals surface area contributed by atoms with Crippen molar-refractivity contribution in [1.29, 1.82) is 0 Å². The summed E-state index contributed by atoms with van der Waals surface area (Å²) in [5.41, 5.74) is 1.55. The van der Waals surface area contributed by atoms with Gasteiger partial charge >= 0.3 is 12.0 Å². The van der Waals surface area contributed by atoms with E-state index in [4.69, 9.17) is 4.74 Å². The molecule has 10 heteroatoms. The van der Waals surface area contributed by atoms with Gasteiger partial charge in [-0.3, -0.25) is 14.5 Å². The number of amides is 3. The quantitative estimate of drug-likeness (QED) is 0.645. The number of aryl methyl sites for hydroxylation is 2. The van der Waals surface area contributed by atoms with E-state index in [9.17, 15) is 22.8 Å². The van der Waals surface area contributed by atoms with Crippen molar-refractivity contribution in [2.24, 2.45) is 0 Å². The first-order chi connectivity index (χ1) is 12.6. The van der Waals surface area contributed by atoms with E-state index < -0.39 is 34.0 Å². The van der Waals surface area contributed by atoms with Crippen LogP contribution in [0.4, 0.5) is 4.79 Å². The largest absolute Gasteiger partial charge is 0.452 e. The first-order valence-electron chi connectivity index (χ1n) is 8.47. The molecule has 9 nitrogen and oxygen atoms in total. The normalized spacial score (nSPS) is 15.4. The van der Waals surface area contributed by atoms with Crippen molar-refractivity contribution < 1.29 is 27.5 Å². The summed E-state index contributed by atoms with van der Waals surface area (Å²) in [7, 11) is -3.75. The predicted octanol–water partition coefficient (Wildman–Crippen LogP) is 0.455. The molecule has 2 N–H and O–H groups in total. The van der Waals surface area contributed by atoms with Gasteiger partial charge in [-0.25, -0.2) is 17.9 Å². The lowest BCUT2D eigenvalue weighted by atomic mass is 10.2. The number of carbonyl (C=O) groups is 3. The van der Waals surface area contributed by atoms with Gasteiger partial charge in [-0.15, -0.1) is 0 Å². The average Bonchev–Trinajstić information content (AvgIpc) is 2.99. The van der Waals surface area contributed by atoms with Gasteiger partial charge in [0.25, 0.3) is 5.91 Å². The highest BCUT2D eigenvalue weighted by Gasteiger charge is 2.31. The lowest BCUT2D eigenvalue weighted by Crippen LogP contribution is -2.42. The third kappa shape index (κ3) is 5.27. The van der Waals surface area contributed by atoms with Crippen molar-refractivity contribution in [3.63, 3.8) is 0 Å². The number of benzene rings is 1. The molecule has 0 aliphatic carbocycles. The van der Waals surface area contributed by atoms with Gasteiger partial charge in [0.2, 0.25) is 10.0 Å². The number of nitrogens with zero attached hydrogens (tertiary/aromatic N) is 1. The van der Waals surface area contributed by atoms with E-state index in [0.717, 1.165) is 10.5 Å². The number of rotatable bonds is 7. The van der Waals surface area contributed by atoms with Crippen molar-refractivity contribution in [3.05, 3.63) is 29.3 Å². The molecule has 27 heavy (non-hydrogen) atoms. The topological polar surface area (TPSA) is 122 Å². The van der Waals surface area contributed by atoms with Gasteiger partial charge in [0.1, 0.15) is 0 Å². The summed E-state index contributed by atoms with van der Waals surface area (Å²) in [5, 5.41) is 2.48. The van der Waals surface area contributed by atoms with Crippen LogP contribution < -0.4 is 10.0 Å². The minimum atomic E-state index is -3.75. The number of esters is 1. The van der Waals surface area contributed by atoms with Crippen molar-refractivity contribution in [1.82, 2.24) is 14.9 Å². The molecule has 0 spiro atoms. The molecule has 0 bridgehead atoms. The minimum Gasteiger partial charge on any atom is -0.452 e. The number of hydrogen-bond acceptors (Lipinski definition) is 6. The van der Waals surface area contributed by atoms with E-state index >= 15 is 0 Å². The van der Waals surface area contributed by atoms with Crippen LogP contribution in [0.1, 0.15) is 24.5 Å². The highest BCUT2D eigenvalue weighted by molar-refractivity contribution is 7.89. The Bertz CT molecular complexity index is 852. The standard InChI is InChI=1S/C17H23N3O6S/c1-11-4-5-14(12(2)10-11)27(24,25)19-7-6-15(21)26-13(3)16(22)20-9-8-18-17(20)23/h4-5,10,13,19H,6-9H2,1-3H3,(H,18,23)/t13-/m0/s1.